The van der Waals surface area contributed by atoms with Crippen molar-refractivity contribution in [2.75, 3.05) is 36.5 Å². The van der Waals surface area contributed by atoms with E-state index in [4.69, 9.17) is 9.47 Å². The van der Waals surface area contributed by atoms with Gasteiger partial charge in [0.1, 0.15) is 17.1 Å². The highest BCUT2D eigenvalue weighted by atomic mass is 16.5. The van der Waals surface area contributed by atoms with Gasteiger partial charge in [-0.05, 0) is 44.6 Å². The van der Waals surface area contributed by atoms with Crippen LogP contribution in [0.3, 0.4) is 0 Å². The van der Waals surface area contributed by atoms with Crippen molar-refractivity contribution in [3.8, 4) is 11.8 Å². The Balaban J connectivity index is 1.13. The summed E-state index contributed by atoms with van der Waals surface area (Å²) in [5, 5.41) is 13.3. The molecule has 0 spiro atoms. The minimum absolute atomic E-state index is 0.108. The third-order valence-corrected chi connectivity index (χ3v) is 6.78. The Morgan fingerprint density at radius 3 is 2.53 bits per heavy atom. The number of morpholine rings is 1. The molecule has 3 aliphatic rings. The maximum Gasteiger partial charge on any atom is 0.318 e. The summed E-state index contributed by atoms with van der Waals surface area (Å²) in [6.07, 6.45) is 9.39. The summed E-state index contributed by atoms with van der Waals surface area (Å²) in [5.74, 6) is 2.32. The molecule has 2 aliphatic carbocycles. The molecule has 0 bridgehead atoms. The number of fused-ring (bicyclic) bond motifs is 1. The molecular formula is C24H29N7O3. The van der Waals surface area contributed by atoms with Crippen molar-refractivity contribution in [3.05, 3.63) is 30.4 Å². The molecule has 2 saturated carbocycles. The summed E-state index contributed by atoms with van der Waals surface area (Å²) in [5.41, 5.74) is 2.74. The molecular weight excluding hydrogens is 434 g/mol. The van der Waals surface area contributed by atoms with Gasteiger partial charge in [-0.1, -0.05) is 0 Å². The molecule has 1 aromatic carbocycles. The van der Waals surface area contributed by atoms with Gasteiger partial charge in [-0.3, -0.25) is 4.98 Å². The number of nitrogens with one attached hydrogen (secondary N) is 1. The van der Waals surface area contributed by atoms with Gasteiger partial charge in [-0.25, -0.2) is 4.98 Å². The predicted molar refractivity (Wildman–Crippen MR) is 126 cm³/mol. The van der Waals surface area contributed by atoms with Gasteiger partial charge in [-0.15, -0.1) is 0 Å². The molecule has 0 radical (unpaired) electrons. The fraction of sp³-hybridized carbons (Fsp3) is 0.542. The van der Waals surface area contributed by atoms with Crippen LogP contribution in [-0.2, 0) is 4.74 Å². The van der Waals surface area contributed by atoms with E-state index >= 15 is 0 Å². The zero-order valence-corrected chi connectivity index (χ0v) is 19.1. The molecule has 3 heterocycles. The highest BCUT2D eigenvalue weighted by Gasteiger charge is 2.29. The Kier molecular flexibility index (Phi) is 5.74. The lowest BCUT2D eigenvalue weighted by molar-refractivity contribution is 0.122. The van der Waals surface area contributed by atoms with Gasteiger partial charge >= 0.3 is 6.01 Å². The molecule has 178 valence electrons. The van der Waals surface area contributed by atoms with E-state index < -0.39 is 0 Å². The zero-order chi connectivity index (χ0) is 22.9. The molecule has 2 N–H and O–H groups in total. The Morgan fingerprint density at radius 2 is 1.74 bits per heavy atom. The van der Waals surface area contributed by atoms with E-state index in [0.717, 1.165) is 87.3 Å². The Bertz CT molecular complexity index is 1160. The van der Waals surface area contributed by atoms with Gasteiger partial charge in [0.2, 0.25) is 5.95 Å². The Labute approximate surface area is 197 Å². The molecule has 0 amide bonds. The second-order valence-corrected chi connectivity index (χ2v) is 9.29. The first-order valence-electron chi connectivity index (χ1n) is 12.2. The molecule has 3 aromatic rings. The largest absolute Gasteiger partial charge is 0.488 e. The van der Waals surface area contributed by atoms with Gasteiger partial charge < -0.3 is 24.8 Å². The molecule has 34 heavy (non-hydrogen) atoms. The lowest BCUT2D eigenvalue weighted by Crippen LogP contribution is -2.36. The van der Waals surface area contributed by atoms with Crippen molar-refractivity contribution < 1.29 is 14.6 Å². The first-order valence-corrected chi connectivity index (χ1v) is 12.2. The number of nitrogens with zero attached hydrogens (tertiary/aromatic N) is 6. The van der Waals surface area contributed by atoms with Gasteiger partial charge in [-0.2, -0.15) is 15.0 Å². The topological polar surface area (TPSA) is 118 Å². The van der Waals surface area contributed by atoms with Crippen LogP contribution in [0.25, 0.3) is 11.0 Å². The van der Waals surface area contributed by atoms with Crippen molar-refractivity contribution in [3.63, 3.8) is 0 Å². The molecule has 0 atom stereocenters. The second kappa shape index (κ2) is 9.17. The summed E-state index contributed by atoms with van der Waals surface area (Å²) in [7, 11) is 0. The predicted octanol–water partition coefficient (Wildman–Crippen LogP) is 3.04. The van der Waals surface area contributed by atoms with E-state index in [1.807, 2.05) is 0 Å². The fourth-order valence-electron chi connectivity index (χ4n) is 4.78. The van der Waals surface area contributed by atoms with Gasteiger partial charge in [0.05, 0.1) is 24.8 Å². The minimum Gasteiger partial charge on any atom is -0.488 e. The maximum atomic E-state index is 9.87. The molecule has 2 aromatic heterocycles. The second-order valence-electron chi connectivity index (χ2n) is 9.29. The molecule has 1 saturated heterocycles. The first-order chi connectivity index (χ1) is 16.7. The average Bonchev–Trinajstić information content (AvgIpc) is 3.71. The third-order valence-electron chi connectivity index (χ3n) is 6.78. The SMILES string of the molecule is Oc1nc(N[C@H]2CC[C@@H](Oc3cc(N4CCOCC4)cc4nccnc34)CC2)nc(C2CC2)n1. The average molecular weight is 464 g/mol. The number of aromatic hydroxyl groups is 1. The number of anilines is 2. The molecule has 1 aliphatic heterocycles. The van der Waals surface area contributed by atoms with Crippen molar-refractivity contribution in [1.82, 2.24) is 24.9 Å². The molecule has 10 heteroatoms. The lowest BCUT2D eigenvalue weighted by atomic mass is 9.93. The standard InChI is InChI=1S/C24H29N7O3/c32-24-29-22(15-1-2-15)28-23(30-24)27-16-3-5-18(6-4-16)34-20-14-17(31-9-11-33-12-10-31)13-19-21(20)26-8-7-25-19/h7-8,13-16,18H,1-6,9-12H2,(H2,27,28,29,30,32)/t16-,18+. The number of aromatic nitrogens is 5. The van der Waals surface area contributed by atoms with Crippen LogP contribution in [0.2, 0.25) is 0 Å². The lowest BCUT2D eigenvalue weighted by Gasteiger charge is -2.31. The fourth-order valence-corrected chi connectivity index (χ4v) is 4.78. The van der Waals surface area contributed by atoms with Crippen LogP contribution in [0.5, 0.6) is 11.8 Å². The van der Waals surface area contributed by atoms with Crippen molar-refractivity contribution in [2.24, 2.45) is 0 Å². The minimum atomic E-state index is -0.204. The van der Waals surface area contributed by atoms with E-state index in [1.54, 1.807) is 12.4 Å². The zero-order valence-electron chi connectivity index (χ0n) is 19.1. The Morgan fingerprint density at radius 1 is 0.941 bits per heavy atom. The maximum absolute atomic E-state index is 9.87. The van der Waals surface area contributed by atoms with Crippen molar-refractivity contribution >= 4 is 22.7 Å². The molecule has 0 unspecified atom stereocenters. The molecule has 3 fully saturated rings. The third kappa shape index (κ3) is 4.68. The van der Waals surface area contributed by atoms with Crippen LogP contribution in [-0.4, -0.2) is 68.5 Å². The van der Waals surface area contributed by atoms with Gasteiger partial charge in [0, 0.05) is 49.2 Å². The van der Waals surface area contributed by atoms with E-state index in [-0.39, 0.29) is 18.2 Å². The van der Waals surface area contributed by atoms with Crippen LogP contribution in [0.1, 0.15) is 50.3 Å². The van der Waals surface area contributed by atoms with Gasteiger partial charge in [0.25, 0.3) is 0 Å². The van der Waals surface area contributed by atoms with Crippen LogP contribution in [0, 0.1) is 0 Å². The number of hydrogen-bond donors (Lipinski definition) is 2. The smallest absolute Gasteiger partial charge is 0.318 e. The van der Waals surface area contributed by atoms with E-state index in [1.165, 1.54) is 0 Å². The van der Waals surface area contributed by atoms with Crippen LogP contribution >= 0.6 is 0 Å². The number of ether oxygens (including phenoxy) is 2. The van der Waals surface area contributed by atoms with Gasteiger partial charge in [0.15, 0.2) is 0 Å². The normalized spacial score (nSPS) is 23.1. The number of hydrogen-bond acceptors (Lipinski definition) is 10. The van der Waals surface area contributed by atoms with Crippen molar-refractivity contribution in [1.29, 1.82) is 0 Å². The summed E-state index contributed by atoms with van der Waals surface area (Å²) < 4.78 is 12.0. The highest BCUT2D eigenvalue weighted by molar-refractivity contribution is 5.85. The van der Waals surface area contributed by atoms with Crippen LogP contribution in [0.15, 0.2) is 24.5 Å². The quantitative estimate of drug-likeness (QED) is 0.564. The monoisotopic (exact) mass is 463 g/mol. The van der Waals surface area contributed by atoms with E-state index in [9.17, 15) is 5.11 Å². The highest BCUT2D eigenvalue weighted by Crippen LogP contribution is 2.39. The number of rotatable bonds is 6. The summed E-state index contributed by atoms with van der Waals surface area (Å²) >= 11 is 0. The molecule has 6 rings (SSSR count). The number of benzene rings is 1. The van der Waals surface area contributed by atoms with Crippen LogP contribution < -0.4 is 15.0 Å². The first kappa shape index (κ1) is 21.3. The summed E-state index contributed by atoms with van der Waals surface area (Å²) in [6.45, 7) is 3.17. The van der Waals surface area contributed by atoms with Crippen LogP contribution in [0.4, 0.5) is 11.6 Å². The van der Waals surface area contributed by atoms with E-state index in [2.05, 4.69) is 47.3 Å². The van der Waals surface area contributed by atoms with E-state index in [0.29, 0.717) is 17.7 Å². The van der Waals surface area contributed by atoms with Crippen molar-refractivity contribution in [2.45, 2.75) is 56.6 Å². The summed E-state index contributed by atoms with van der Waals surface area (Å²) in [4.78, 5) is 24.0. The summed E-state index contributed by atoms with van der Waals surface area (Å²) in [6, 6.07) is 4.22. The molecule has 10 nitrogen and oxygen atoms in total. The Hall–Kier alpha value is -3.27.